The Morgan fingerprint density at radius 2 is 2.07 bits per heavy atom. The quantitative estimate of drug-likeness (QED) is 0.642. The van der Waals surface area contributed by atoms with Crippen molar-refractivity contribution < 1.29 is 13.5 Å². The zero-order valence-electron chi connectivity index (χ0n) is 7.46. The molecular formula is C8H10F2NOPS. The molecule has 0 fully saturated rings. The molecule has 6 heteroatoms. The van der Waals surface area contributed by atoms with E-state index in [9.17, 15) is 8.78 Å². The van der Waals surface area contributed by atoms with Crippen molar-refractivity contribution in [3.63, 3.8) is 0 Å². The van der Waals surface area contributed by atoms with Crippen LogP contribution in [0.15, 0.2) is 29.2 Å². The Labute approximate surface area is 87.7 Å². The summed E-state index contributed by atoms with van der Waals surface area (Å²) in [4.78, 5) is 0.622. The van der Waals surface area contributed by atoms with E-state index >= 15 is 0 Å². The average molecular weight is 237 g/mol. The molecular weight excluding hydrogens is 227 g/mol. The van der Waals surface area contributed by atoms with Crippen molar-refractivity contribution in [2.75, 3.05) is 7.05 Å². The molecule has 1 aromatic carbocycles. The van der Waals surface area contributed by atoms with Gasteiger partial charge in [-0.2, -0.15) is 8.78 Å². The van der Waals surface area contributed by atoms with Gasteiger partial charge in [-0.05, 0) is 40.4 Å². The van der Waals surface area contributed by atoms with E-state index in [2.05, 4.69) is 9.46 Å². The minimum atomic E-state index is -3.23. The summed E-state index contributed by atoms with van der Waals surface area (Å²) in [5, 5.41) is 0. The predicted octanol–water partition coefficient (Wildman–Crippen LogP) is 2.72. The van der Waals surface area contributed by atoms with Crippen LogP contribution in [0.3, 0.4) is 0 Å². The van der Waals surface area contributed by atoms with Crippen molar-refractivity contribution in [1.29, 1.82) is 0 Å². The van der Waals surface area contributed by atoms with E-state index in [1.165, 1.54) is 27.3 Å². The maximum Gasteiger partial charge on any atom is 0.408 e. The Morgan fingerprint density at radius 3 is 2.64 bits per heavy atom. The Balaban J connectivity index is 2.84. The molecule has 0 radical (unpaired) electrons. The Morgan fingerprint density at radius 1 is 1.43 bits per heavy atom. The Bertz CT molecular complexity index is 306. The number of para-hydroxylation sites is 1. The van der Waals surface area contributed by atoms with Crippen molar-refractivity contribution in [3.05, 3.63) is 24.3 Å². The topological polar surface area (TPSA) is 21.3 Å². The third-order valence-electron chi connectivity index (χ3n) is 1.31. The first-order valence-corrected chi connectivity index (χ1v) is 5.20. The number of nitrogens with one attached hydrogen (secondary N) is 1. The molecule has 0 aliphatic carbocycles. The van der Waals surface area contributed by atoms with Gasteiger partial charge in [-0.25, -0.2) is 0 Å². The molecule has 78 valence electrons. The fourth-order valence-electron chi connectivity index (χ4n) is 0.875. The van der Waals surface area contributed by atoms with E-state index in [0.29, 0.717) is 4.90 Å². The first-order valence-electron chi connectivity index (χ1n) is 3.81. The monoisotopic (exact) mass is 237 g/mol. The minimum absolute atomic E-state index is 0.159. The van der Waals surface area contributed by atoms with Crippen LogP contribution in [-0.2, 0) is 0 Å². The molecule has 1 aromatic rings. The highest BCUT2D eigenvalue weighted by Gasteiger charge is 2.24. The summed E-state index contributed by atoms with van der Waals surface area (Å²) in [6.45, 7) is 0. The van der Waals surface area contributed by atoms with Crippen LogP contribution in [0.25, 0.3) is 0 Å². The predicted molar refractivity (Wildman–Crippen MR) is 56.6 cm³/mol. The molecule has 0 aliphatic rings. The van der Waals surface area contributed by atoms with Gasteiger partial charge in [-0.15, -0.1) is 0 Å². The molecule has 1 N–H and O–H groups in total. The fraction of sp³-hybridized carbons (Fsp3) is 0.250. The van der Waals surface area contributed by atoms with E-state index in [-0.39, 0.29) is 5.75 Å². The second kappa shape index (κ2) is 4.91. The molecule has 0 amide bonds. The Hall–Kier alpha value is -0.380. The summed E-state index contributed by atoms with van der Waals surface area (Å²) >= 11 is 1.22. The van der Waals surface area contributed by atoms with Crippen molar-refractivity contribution in [2.24, 2.45) is 0 Å². The van der Waals surface area contributed by atoms with Crippen LogP contribution < -0.4 is 9.46 Å². The van der Waals surface area contributed by atoms with Crippen LogP contribution in [0.1, 0.15) is 0 Å². The van der Waals surface area contributed by atoms with E-state index in [1.807, 2.05) is 0 Å². The lowest BCUT2D eigenvalue weighted by Crippen LogP contribution is -2.15. The highest BCUT2D eigenvalue weighted by Crippen LogP contribution is 2.33. The van der Waals surface area contributed by atoms with Crippen molar-refractivity contribution in [3.8, 4) is 5.75 Å². The number of ether oxygens (including phenoxy) is 1. The van der Waals surface area contributed by atoms with Gasteiger partial charge in [0.15, 0.2) is 0 Å². The van der Waals surface area contributed by atoms with Crippen LogP contribution in [0.5, 0.6) is 5.75 Å². The van der Waals surface area contributed by atoms with Crippen LogP contribution in [0.2, 0.25) is 0 Å². The van der Waals surface area contributed by atoms with Crippen LogP contribution in [0, 0.1) is 0 Å². The molecule has 1 unspecified atom stereocenters. The molecule has 0 aliphatic heterocycles. The fourth-order valence-corrected chi connectivity index (χ4v) is 1.58. The summed E-state index contributed by atoms with van der Waals surface area (Å²) in [5.74, 6) is -3.07. The number of benzene rings is 1. The van der Waals surface area contributed by atoms with Crippen LogP contribution >= 0.6 is 21.2 Å². The van der Waals surface area contributed by atoms with Gasteiger partial charge in [0.25, 0.3) is 0 Å². The lowest BCUT2D eigenvalue weighted by molar-refractivity contribution is -0.0908. The second-order valence-corrected chi connectivity index (χ2v) is 4.14. The normalized spacial score (nSPS) is 11.4. The molecule has 0 bridgehead atoms. The SMILES string of the molecule is CNSc1ccccc1OC(F)(F)P. The largest absolute Gasteiger partial charge is 0.429 e. The summed E-state index contributed by atoms with van der Waals surface area (Å²) in [5.41, 5.74) is 0. The zero-order chi connectivity index (χ0) is 10.6. The molecule has 0 spiro atoms. The van der Waals surface area contributed by atoms with E-state index < -0.39 is 5.85 Å². The maximum atomic E-state index is 12.5. The van der Waals surface area contributed by atoms with E-state index in [4.69, 9.17) is 0 Å². The van der Waals surface area contributed by atoms with Gasteiger partial charge >= 0.3 is 5.85 Å². The van der Waals surface area contributed by atoms with E-state index in [1.54, 1.807) is 25.2 Å². The van der Waals surface area contributed by atoms with Crippen LogP contribution in [0.4, 0.5) is 8.78 Å². The molecule has 0 heterocycles. The molecule has 0 saturated heterocycles. The summed E-state index contributed by atoms with van der Waals surface area (Å²) in [6.07, 6.45) is 0. The second-order valence-electron chi connectivity index (χ2n) is 2.42. The molecule has 0 saturated carbocycles. The van der Waals surface area contributed by atoms with Crippen molar-refractivity contribution >= 4 is 21.2 Å². The van der Waals surface area contributed by atoms with Gasteiger partial charge < -0.3 is 4.74 Å². The molecule has 14 heavy (non-hydrogen) atoms. The number of hydrogen-bond donors (Lipinski definition) is 1. The third-order valence-corrected chi connectivity index (χ3v) is 2.19. The van der Waals surface area contributed by atoms with Crippen molar-refractivity contribution in [2.45, 2.75) is 10.7 Å². The minimum Gasteiger partial charge on any atom is -0.429 e. The molecule has 1 rings (SSSR count). The summed E-state index contributed by atoms with van der Waals surface area (Å²) in [6, 6.07) is 6.60. The number of rotatable bonds is 4. The summed E-state index contributed by atoms with van der Waals surface area (Å²) < 4.78 is 32.3. The van der Waals surface area contributed by atoms with Crippen LogP contribution in [-0.4, -0.2) is 12.9 Å². The van der Waals surface area contributed by atoms with Gasteiger partial charge in [0.1, 0.15) is 5.75 Å². The lowest BCUT2D eigenvalue weighted by Gasteiger charge is -2.15. The smallest absolute Gasteiger partial charge is 0.408 e. The molecule has 0 aromatic heterocycles. The average Bonchev–Trinajstić information content (AvgIpc) is 2.06. The first-order chi connectivity index (χ1) is 6.53. The van der Waals surface area contributed by atoms with Gasteiger partial charge in [0, 0.05) is 0 Å². The van der Waals surface area contributed by atoms with Crippen molar-refractivity contribution in [1.82, 2.24) is 4.72 Å². The van der Waals surface area contributed by atoms with Gasteiger partial charge in [0.2, 0.25) is 0 Å². The number of halogens is 2. The number of alkyl halides is 2. The lowest BCUT2D eigenvalue weighted by atomic mass is 10.3. The van der Waals surface area contributed by atoms with Gasteiger partial charge in [-0.1, -0.05) is 12.1 Å². The van der Waals surface area contributed by atoms with E-state index in [0.717, 1.165) is 0 Å². The maximum absolute atomic E-state index is 12.5. The Kier molecular flexibility index (Phi) is 4.11. The first kappa shape index (κ1) is 11.7. The molecule has 1 atom stereocenters. The van der Waals surface area contributed by atoms with Gasteiger partial charge in [-0.3, -0.25) is 4.72 Å². The third kappa shape index (κ3) is 3.78. The summed E-state index contributed by atoms with van der Waals surface area (Å²) in [7, 11) is 3.05. The molecule has 2 nitrogen and oxygen atoms in total. The van der Waals surface area contributed by atoms with Gasteiger partial charge in [0.05, 0.1) is 4.90 Å². The highest BCUT2D eigenvalue weighted by molar-refractivity contribution is 7.97. The standard InChI is InChI=1S/C8H10F2NOPS/c1-11-14-7-5-3-2-4-6(7)12-8(9,10)13/h2-5,11H,13H2,1H3. The highest BCUT2D eigenvalue weighted by atomic mass is 32.2. The zero-order valence-corrected chi connectivity index (χ0v) is 9.43. The number of hydrogen-bond acceptors (Lipinski definition) is 3.